The van der Waals surface area contributed by atoms with E-state index in [0.29, 0.717) is 18.2 Å². The highest BCUT2D eigenvalue weighted by atomic mass is 16.2. The van der Waals surface area contributed by atoms with E-state index in [9.17, 15) is 9.59 Å². The van der Waals surface area contributed by atoms with Gasteiger partial charge in [-0.05, 0) is 61.3 Å². The maximum atomic E-state index is 12.0. The van der Waals surface area contributed by atoms with Crippen molar-refractivity contribution in [1.82, 2.24) is 20.1 Å². The third-order valence-electron chi connectivity index (χ3n) is 5.42. The van der Waals surface area contributed by atoms with Crippen molar-refractivity contribution in [3.63, 3.8) is 0 Å². The molecule has 2 saturated carbocycles. The van der Waals surface area contributed by atoms with Gasteiger partial charge in [-0.2, -0.15) is 5.10 Å². The number of carbonyl (C=O) groups is 2. The third kappa shape index (κ3) is 3.40. The Balaban J connectivity index is 1.28. The molecule has 0 unspecified atom stereocenters. The molecule has 1 aromatic carbocycles. The highest BCUT2D eigenvalue weighted by Gasteiger charge is 2.39. The van der Waals surface area contributed by atoms with Crippen molar-refractivity contribution < 1.29 is 9.59 Å². The van der Waals surface area contributed by atoms with Crippen molar-refractivity contribution in [3.8, 4) is 5.69 Å². The number of rotatable bonds is 4. The predicted octanol–water partition coefficient (Wildman–Crippen LogP) is 1.76. The minimum Gasteiger partial charge on any atom is -0.348 e. The Hall–Kier alpha value is -2.70. The topological polar surface area (TPSA) is 88.9 Å². The van der Waals surface area contributed by atoms with E-state index in [1.807, 2.05) is 0 Å². The fourth-order valence-corrected chi connectivity index (χ4v) is 4.16. The van der Waals surface area contributed by atoms with Crippen LogP contribution in [0.1, 0.15) is 25.7 Å². The standard InChI is InChI=1S/C18H21N5O2/c24-17(20-9-14-8-12-1-2-13(14)7-12)18(25)22-15-3-5-16(6-4-15)23-11-19-10-21-23/h3-6,10-14H,1-2,7-9H2,(H,20,24)(H,22,25)/t12-,13-,14-/m0/s1. The summed E-state index contributed by atoms with van der Waals surface area (Å²) in [5.74, 6) is 0.916. The molecule has 7 heteroatoms. The zero-order valence-corrected chi connectivity index (χ0v) is 13.9. The van der Waals surface area contributed by atoms with E-state index in [0.717, 1.165) is 17.5 Å². The number of hydrogen-bond donors (Lipinski definition) is 2. The average molecular weight is 339 g/mol. The van der Waals surface area contributed by atoms with Crippen LogP contribution in [0.25, 0.3) is 5.69 Å². The van der Waals surface area contributed by atoms with Crippen LogP contribution in [0.5, 0.6) is 0 Å². The summed E-state index contributed by atoms with van der Waals surface area (Å²) in [6, 6.07) is 7.07. The van der Waals surface area contributed by atoms with E-state index >= 15 is 0 Å². The SMILES string of the molecule is O=C(NC[C@@H]1C[C@H]2CC[C@H]1C2)C(=O)Nc1ccc(-n2cncn2)cc1. The van der Waals surface area contributed by atoms with Gasteiger partial charge in [-0.3, -0.25) is 9.59 Å². The number of fused-ring (bicyclic) bond motifs is 2. The van der Waals surface area contributed by atoms with Crippen LogP contribution in [-0.2, 0) is 9.59 Å². The summed E-state index contributed by atoms with van der Waals surface area (Å²) >= 11 is 0. The van der Waals surface area contributed by atoms with Gasteiger partial charge in [0, 0.05) is 12.2 Å². The summed E-state index contributed by atoms with van der Waals surface area (Å²) in [4.78, 5) is 27.9. The van der Waals surface area contributed by atoms with Gasteiger partial charge in [0.05, 0.1) is 5.69 Å². The molecule has 2 N–H and O–H groups in total. The summed E-state index contributed by atoms with van der Waals surface area (Å²) < 4.78 is 1.62. The molecule has 1 aromatic heterocycles. The van der Waals surface area contributed by atoms with Gasteiger partial charge in [-0.25, -0.2) is 9.67 Å². The minimum absolute atomic E-state index is 0.539. The summed E-state index contributed by atoms with van der Waals surface area (Å²) in [5, 5.41) is 9.45. The summed E-state index contributed by atoms with van der Waals surface area (Å²) in [6.07, 6.45) is 8.14. The Morgan fingerprint density at radius 2 is 1.96 bits per heavy atom. The summed E-state index contributed by atoms with van der Waals surface area (Å²) in [6.45, 7) is 0.610. The molecule has 0 saturated heterocycles. The molecule has 0 aliphatic heterocycles. The van der Waals surface area contributed by atoms with E-state index in [1.165, 1.54) is 32.0 Å². The van der Waals surface area contributed by atoms with Gasteiger partial charge in [0.15, 0.2) is 0 Å². The average Bonchev–Trinajstić information content (AvgIpc) is 3.37. The molecule has 2 aliphatic rings. The first-order valence-corrected chi connectivity index (χ1v) is 8.73. The van der Waals surface area contributed by atoms with E-state index in [2.05, 4.69) is 20.7 Å². The van der Waals surface area contributed by atoms with Crippen LogP contribution in [0.15, 0.2) is 36.9 Å². The second kappa shape index (κ2) is 6.66. The van der Waals surface area contributed by atoms with Crippen molar-refractivity contribution in [2.24, 2.45) is 17.8 Å². The lowest BCUT2D eigenvalue weighted by Gasteiger charge is -2.21. The molecule has 4 rings (SSSR count). The maximum Gasteiger partial charge on any atom is 0.313 e. The van der Waals surface area contributed by atoms with Gasteiger partial charge in [0.1, 0.15) is 12.7 Å². The fourth-order valence-electron chi connectivity index (χ4n) is 4.16. The molecular formula is C18H21N5O2. The van der Waals surface area contributed by atoms with E-state index in [1.54, 1.807) is 35.3 Å². The van der Waals surface area contributed by atoms with Gasteiger partial charge in [0.25, 0.3) is 0 Å². The highest BCUT2D eigenvalue weighted by molar-refractivity contribution is 6.39. The smallest absolute Gasteiger partial charge is 0.313 e. The maximum absolute atomic E-state index is 12.0. The fraction of sp³-hybridized carbons (Fsp3) is 0.444. The molecule has 130 valence electrons. The zero-order valence-electron chi connectivity index (χ0n) is 13.9. The van der Waals surface area contributed by atoms with E-state index < -0.39 is 11.8 Å². The first-order valence-electron chi connectivity index (χ1n) is 8.73. The molecule has 25 heavy (non-hydrogen) atoms. The van der Waals surface area contributed by atoms with Crippen LogP contribution in [0.4, 0.5) is 5.69 Å². The Kier molecular flexibility index (Phi) is 4.21. The van der Waals surface area contributed by atoms with Crippen molar-refractivity contribution in [2.45, 2.75) is 25.7 Å². The van der Waals surface area contributed by atoms with E-state index in [-0.39, 0.29) is 0 Å². The molecule has 2 fully saturated rings. The van der Waals surface area contributed by atoms with Crippen molar-refractivity contribution in [1.29, 1.82) is 0 Å². The minimum atomic E-state index is -0.628. The molecule has 0 radical (unpaired) electrons. The number of nitrogens with one attached hydrogen (secondary N) is 2. The normalized spacial score (nSPS) is 24.2. The van der Waals surface area contributed by atoms with Gasteiger partial charge in [0.2, 0.25) is 0 Å². The molecule has 2 aliphatic carbocycles. The summed E-state index contributed by atoms with van der Waals surface area (Å²) in [7, 11) is 0. The molecule has 2 bridgehead atoms. The molecule has 2 amide bonds. The number of amides is 2. The lowest BCUT2D eigenvalue weighted by molar-refractivity contribution is -0.136. The second-order valence-corrected chi connectivity index (χ2v) is 6.99. The van der Waals surface area contributed by atoms with E-state index in [4.69, 9.17) is 0 Å². The van der Waals surface area contributed by atoms with Crippen molar-refractivity contribution >= 4 is 17.5 Å². The molecule has 0 spiro atoms. The largest absolute Gasteiger partial charge is 0.348 e. The van der Waals surface area contributed by atoms with Gasteiger partial charge < -0.3 is 10.6 Å². The lowest BCUT2D eigenvalue weighted by Crippen LogP contribution is -2.39. The molecule has 1 heterocycles. The van der Waals surface area contributed by atoms with Crippen LogP contribution < -0.4 is 10.6 Å². The van der Waals surface area contributed by atoms with Gasteiger partial charge in [-0.15, -0.1) is 0 Å². The zero-order chi connectivity index (χ0) is 17.2. The Morgan fingerprint density at radius 1 is 1.12 bits per heavy atom. The molecule has 7 nitrogen and oxygen atoms in total. The number of benzene rings is 1. The van der Waals surface area contributed by atoms with Crippen LogP contribution in [-0.4, -0.2) is 33.1 Å². The Morgan fingerprint density at radius 3 is 2.60 bits per heavy atom. The highest BCUT2D eigenvalue weighted by Crippen LogP contribution is 2.47. The number of hydrogen-bond acceptors (Lipinski definition) is 4. The number of aromatic nitrogens is 3. The second-order valence-electron chi connectivity index (χ2n) is 6.99. The Bertz CT molecular complexity index is 756. The predicted molar refractivity (Wildman–Crippen MR) is 91.9 cm³/mol. The van der Waals surface area contributed by atoms with Crippen LogP contribution in [0, 0.1) is 17.8 Å². The summed E-state index contributed by atoms with van der Waals surface area (Å²) in [5.41, 5.74) is 1.40. The van der Waals surface area contributed by atoms with Crippen molar-refractivity contribution in [3.05, 3.63) is 36.9 Å². The first-order chi connectivity index (χ1) is 12.2. The van der Waals surface area contributed by atoms with Crippen molar-refractivity contribution in [2.75, 3.05) is 11.9 Å². The monoisotopic (exact) mass is 339 g/mol. The van der Waals surface area contributed by atoms with Crippen LogP contribution >= 0.6 is 0 Å². The number of carbonyl (C=O) groups excluding carboxylic acids is 2. The Labute approximate surface area is 145 Å². The van der Waals surface area contributed by atoms with Gasteiger partial charge >= 0.3 is 11.8 Å². The quantitative estimate of drug-likeness (QED) is 0.831. The number of nitrogens with zero attached hydrogens (tertiary/aromatic N) is 3. The lowest BCUT2D eigenvalue weighted by atomic mass is 9.89. The molecule has 2 aromatic rings. The van der Waals surface area contributed by atoms with Gasteiger partial charge in [-0.1, -0.05) is 6.42 Å². The number of anilines is 1. The molecular weight excluding hydrogens is 318 g/mol. The molecule has 3 atom stereocenters. The van der Waals surface area contributed by atoms with Crippen LogP contribution in [0.2, 0.25) is 0 Å². The van der Waals surface area contributed by atoms with Crippen LogP contribution in [0.3, 0.4) is 0 Å². The first kappa shape index (κ1) is 15.8. The third-order valence-corrected chi connectivity index (χ3v) is 5.42.